The van der Waals surface area contributed by atoms with Crippen molar-refractivity contribution in [2.45, 2.75) is 31.7 Å². The molecule has 0 aliphatic heterocycles. The lowest BCUT2D eigenvalue weighted by molar-refractivity contribution is 0.0917. The van der Waals surface area contributed by atoms with Gasteiger partial charge in [-0.15, -0.1) is 0 Å². The van der Waals surface area contributed by atoms with Gasteiger partial charge in [0.05, 0.1) is 18.4 Å². The lowest BCUT2D eigenvalue weighted by Gasteiger charge is -2.23. The Hall–Kier alpha value is -3.03. The van der Waals surface area contributed by atoms with E-state index in [-0.39, 0.29) is 28.7 Å². The van der Waals surface area contributed by atoms with Crippen molar-refractivity contribution in [3.05, 3.63) is 53.2 Å². The zero-order valence-electron chi connectivity index (χ0n) is 15.9. The average molecular weight is 401 g/mol. The first-order valence-corrected chi connectivity index (χ1v) is 9.56. The van der Waals surface area contributed by atoms with Crippen LogP contribution in [0.25, 0.3) is 0 Å². The SMILES string of the molecule is COc1cc(C(=O)Nc2cc(C(=O)N[C@@H]3C[C@@H]4CC[C@H]3C4)c(F)cc2F)ccn1. The van der Waals surface area contributed by atoms with E-state index in [9.17, 15) is 18.4 Å². The molecule has 6 nitrogen and oxygen atoms in total. The number of aromatic nitrogens is 1. The van der Waals surface area contributed by atoms with Gasteiger partial charge in [-0.2, -0.15) is 0 Å². The normalized spacial score (nSPS) is 22.4. The number of carbonyl (C=O) groups is 2. The quantitative estimate of drug-likeness (QED) is 0.803. The third-order valence-electron chi connectivity index (χ3n) is 5.81. The average Bonchev–Trinajstić information content (AvgIpc) is 3.33. The number of benzene rings is 1. The molecule has 1 aromatic heterocycles. The Labute approximate surface area is 166 Å². The van der Waals surface area contributed by atoms with Crippen molar-refractivity contribution in [1.29, 1.82) is 0 Å². The van der Waals surface area contributed by atoms with Gasteiger partial charge in [-0.25, -0.2) is 13.8 Å². The van der Waals surface area contributed by atoms with Crippen molar-refractivity contribution in [3.8, 4) is 5.88 Å². The zero-order chi connectivity index (χ0) is 20.5. The monoisotopic (exact) mass is 401 g/mol. The fraction of sp³-hybridized carbons (Fsp3) is 0.381. The van der Waals surface area contributed by atoms with Crippen LogP contribution in [0.1, 0.15) is 46.4 Å². The summed E-state index contributed by atoms with van der Waals surface area (Å²) in [6.07, 6.45) is 5.61. The van der Waals surface area contributed by atoms with Gasteiger partial charge in [0.1, 0.15) is 11.6 Å². The first-order chi connectivity index (χ1) is 13.9. The van der Waals surface area contributed by atoms with Crippen molar-refractivity contribution < 1.29 is 23.1 Å². The molecule has 0 unspecified atom stereocenters. The highest BCUT2D eigenvalue weighted by Crippen LogP contribution is 2.44. The minimum Gasteiger partial charge on any atom is -0.481 e. The second-order valence-electron chi connectivity index (χ2n) is 7.61. The molecular formula is C21H21F2N3O3. The molecule has 2 bridgehead atoms. The van der Waals surface area contributed by atoms with E-state index in [4.69, 9.17) is 4.74 Å². The summed E-state index contributed by atoms with van der Waals surface area (Å²) < 4.78 is 33.4. The van der Waals surface area contributed by atoms with Crippen LogP contribution in [0.4, 0.5) is 14.5 Å². The summed E-state index contributed by atoms with van der Waals surface area (Å²) >= 11 is 0. The summed E-state index contributed by atoms with van der Waals surface area (Å²) in [5, 5.41) is 5.25. The summed E-state index contributed by atoms with van der Waals surface area (Å²) in [6.45, 7) is 0. The Balaban J connectivity index is 1.52. The summed E-state index contributed by atoms with van der Waals surface area (Å²) in [5.74, 6) is -1.89. The van der Waals surface area contributed by atoms with Crippen LogP contribution in [-0.4, -0.2) is 29.9 Å². The third kappa shape index (κ3) is 3.92. The van der Waals surface area contributed by atoms with Crippen LogP contribution in [0, 0.1) is 23.5 Å². The van der Waals surface area contributed by atoms with Crippen LogP contribution in [0.15, 0.2) is 30.5 Å². The molecule has 4 rings (SSSR count). The molecule has 2 amide bonds. The molecule has 2 fully saturated rings. The van der Waals surface area contributed by atoms with Gasteiger partial charge in [0.15, 0.2) is 0 Å². The number of pyridine rings is 1. The number of fused-ring (bicyclic) bond motifs is 2. The zero-order valence-corrected chi connectivity index (χ0v) is 15.9. The predicted molar refractivity (Wildman–Crippen MR) is 102 cm³/mol. The van der Waals surface area contributed by atoms with E-state index < -0.39 is 23.4 Å². The summed E-state index contributed by atoms with van der Waals surface area (Å²) in [6, 6.07) is 4.48. The molecule has 152 valence electrons. The Morgan fingerprint density at radius 1 is 1.10 bits per heavy atom. The molecule has 0 radical (unpaired) electrons. The van der Waals surface area contributed by atoms with E-state index in [1.165, 1.54) is 31.9 Å². The predicted octanol–water partition coefficient (Wildman–Crippen LogP) is 3.54. The number of methoxy groups -OCH3 is 1. The van der Waals surface area contributed by atoms with Crippen molar-refractivity contribution in [1.82, 2.24) is 10.3 Å². The third-order valence-corrected chi connectivity index (χ3v) is 5.81. The molecule has 2 saturated carbocycles. The lowest BCUT2D eigenvalue weighted by Crippen LogP contribution is -2.38. The maximum absolute atomic E-state index is 14.3. The molecule has 29 heavy (non-hydrogen) atoms. The number of nitrogens with one attached hydrogen (secondary N) is 2. The Morgan fingerprint density at radius 2 is 1.93 bits per heavy atom. The van der Waals surface area contributed by atoms with Crippen LogP contribution in [-0.2, 0) is 0 Å². The fourth-order valence-corrected chi connectivity index (χ4v) is 4.34. The van der Waals surface area contributed by atoms with Gasteiger partial charge in [-0.05, 0) is 43.2 Å². The fourth-order valence-electron chi connectivity index (χ4n) is 4.34. The molecule has 2 aromatic rings. The number of nitrogens with zero attached hydrogens (tertiary/aromatic N) is 1. The highest BCUT2D eigenvalue weighted by atomic mass is 19.1. The van der Waals surface area contributed by atoms with Crippen molar-refractivity contribution >= 4 is 17.5 Å². The molecule has 1 heterocycles. The van der Waals surface area contributed by atoms with Crippen LogP contribution < -0.4 is 15.4 Å². The highest BCUT2D eigenvalue weighted by Gasteiger charge is 2.40. The maximum Gasteiger partial charge on any atom is 0.255 e. The van der Waals surface area contributed by atoms with E-state index in [1.54, 1.807) is 0 Å². The number of amides is 2. The first-order valence-electron chi connectivity index (χ1n) is 9.56. The number of rotatable bonds is 5. The number of hydrogen-bond donors (Lipinski definition) is 2. The van der Waals surface area contributed by atoms with Gasteiger partial charge < -0.3 is 15.4 Å². The van der Waals surface area contributed by atoms with Crippen molar-refractivity contribution in [3.63, 3.8) is 0 Å². The van der Waals surface area contributed by atoms with Gasteiger partial charge in [0.2, 0.25) is 5.88 Å². The van der Waals surface area contributed by atoms with Crippen LogP contribution in [0.3, 0.4) is 0 Å². The van der Waals surface area contributed by atoms with Crippen molar-refractivity contribution in [2.24, 2.45) is 11.8 Å². The van der Waals surface area contributed by atoms with Crippen molar-refractivity contribution in [2.75, 3.05) is 12.4 Å². The Morgan fingerprint density at radius 3 is 2.62 bits per heavy atom. The van der Waals surface area contributed by atoms with E-state index >= 15 is 0 Å². The van der Waals surface area contributed by atoms with Crippen LogP contribution >= 0.6 is 0 Å². The molecule has 2 N–H and O–H groups in total. The van der Waals surface area contributed by atoms with E-state index in [0.717, 1.165) is 25.3 Å². The molecule has 0 spiro atoms. The number of halogens is 2. The first kappa shape index (κ1) is 19.3. The van der Waals surface area contributed by atoms with Gasteiger partial charge in [0, 0.05) is 29.9 Å². The molecule has 2 aliphatic carbocycles. The second-order valence-corrected chi connectivity index (χ2v) is 7.61. The van der Waals surface area contributed by atoms with Gasteiger partial charge >= 0.3 is 0 Å². The minimum atomic E-state index is -0.966. The number of carbonyl (C=O) groups excluding carboxylic acids is 2. The highest BCUT2D eigenvalue weighted by molar-refractivity contribution is 6.05. The number of hydrogen-bond acceptors (Lipinski definition) is 4. The number of anilines is 1. The Bertz CT molecular complexity index is 966. The standard InChI is InChI=1S/C21H21F2N3O3/c1-29-19-8-13(4-5-24-19)20(27)26-18-9-14(15(22)10-16(18)23)21(28)25-17-7-11-2-3-12(17)6-11/h4-5,8-12,17H,2-3,6-7H2,1H3,(H,25,28)(H,26,27)/t11-,12+,17-/m1/s1. The molecular weight excluding hydrogens is 380 g/mol. The topological polar surface area (TPSA) is 80.3 Å². The minimum absolute atomic E-state index is 0.0213. The maximum atomic E-state index is 14.3. The summed E-state index contributed by atoms with van der Waals surface area (Å²) in [4.78, 5) is 28.9. The van der Waals surface area contributed by atoms with Crippen LogP contribution in [0.2, 0.25) is 0 Å². The number of ether oxygens (including phenoxy) is 1. The molecule has 2 aliphatic rings. The van der Waals surface area contributed by atoms with E-state index in [1.807, 2.05) is 0 Å². The lowest BCUT2D eigenvalue weighted by atomic mass is 9.95. The van der Waals surface area contributed by atoms with Gasteiger partial charge in [-0.3, -0.25) is 9.59 Å². The molecule has 8 heteroatoms. The molecule has 3 atom stereocenters. The van der Waals surface area contributed by atoms with Crippen LogP contribution in [0.5, 0.6) is 5.88 Å². The van der Waals surface area contributed by atoms with E-state index in [0.29, 0.717) is 17.9 Å². The summed E-state index contributed by atoms with van der Waals surface area (Å²) in [7, 11) is 1.41. The van der Waals surface area contributed by atoms with Gasteiger partial charge in [-0.1, -0.05) is 6.42 Å². The molecule has 1 aromatic carbocycles. The second kappa shape index (κ2) is 7.77. The summed E-state index contributed by atoms with van der Waals surface area (Å²) in [5.41, 5.74) is -0.379. The molecule has 0 saturated heterocycles. The Kier molecular flexibility index (Phi) is 5.17. The van der Waals surface area contributed by atoms with Gasteiger partial charge in [0.25, 0.3) is 11.8 Å². The largest absolute Gasteiger partial charge is 0.481 e. The smallest absolute Gasteiger partial charge is 0.255 e. The van der Waals surface area contributed by atoms with E-state index in [2.05, 4.69) is 15.6 Å².